The van der Waals surface area contributed by atoms with Gasteiger partial charge in [0.15, 0.2) is 10.7 Å². The fourth-order valence-electron chi connectivity index (χ4n) is 1.91. The fraction of sp³-hybridized carbons (Fsp3) is 0.667. The van der Waals surface area contributed by atoms with Crippen LogP contribution in [0.5, 0.6) is 5.88 Å². The number of hydrogen-bond acceptors (Lipinski definition) is 6. The average molecular weight is 317 g/mol. The smallest absolute Gasteiger partial charge is 0.410 e. The Labute approximate surface area is 124 Å². The first-order valence-corrected chi connectivity index (χ1v) is 7.65. The first kappa shape index (κ1) is 15.6. The zero-order valence-corrected chi connectivity index (χ0v) is 13.3. The largest absolute Gasteiger partial charge is 0.475 e. The van der Waals surface area contributed by atoms with Crippen molar-refractivity contribution < 1.29 is 22.7 Å². The number of aromatic nitrogens is 2. The van der Waals surface area contributed by atoms with Crippen LogP contribution >= 0.6 is 0 Å². The Balaban J connectivity index is 2.09. The maximum Gasteiger partial charge on any atom is 0.410 e. The molecule has 1 aromatic rings. The van der Waals surface area contributed by atoms with Gasteiger partial charge < -0.3 is 14.4 Å². The molecule has 0 fully saturated rings. The van der Waals surface area contributed by atoms with Gasteiger partial charge in [-0.2, -0.15) is 5.10 Å². The minimum absolute atomic E-state index is 0.0587. The summed E-state index contributed by atoms with van der Waals surface area (Å²) in [6.45, 7) is 5.92. The van der Waals surface area contributed by atoms with Crippen molar-refractivity contribution in [3.63, 3.8) is 0 Å². The molecular weight excluding hydrogens is 298 g/mol. The second kappa shape index (κ2) is 5.55. The van der Waals surface area contributed by atoms with Crippen LogP contribution in [0, 0.1) is 0 Å². The Bertz CT molecular complexity index is 609. The van der Waals surface area contributed by atoms with Crippen molar-refractivity contribution in [2.75, 3.05) is 13.7 Å². The Hall–Kier alpha value is -1.77. The van der Waals surface area contributed by atoms with E-state index in [2.05, 4.69) is 5.10 Å². The van der Waals surface area contributed by atoms with Gasteiger partial charge in [0.05, 0.1) is 18.8 Å². The lowest BCUT2D eigenvalue weighted by Crippen LogP contribution is -2.47. The molecule has 0 radical (unpaired) electrons. The Morgan fingerprint density at radius 1 is 1.52 bits per heavy atom. The molecule has 0 unspecified atom stereocenters. The molecule has 8 nitrogen and oxygen atoms in total. The fourth-order valence-corrected chi connectivity index (χ4v) is 2.39. The minimum Gasteiger partial charge on any atom is -0.475 e. The molecule has 0 aliphatic carbocycles. The van der Waals surface area contributed by atoms with Crippen molar-refractivity contribution in [3.8, 4) is 5.88 Å². The van der Waals surface area contributed by atoms with Gasteiger partial charge in [-0.05, 0) is 20.8 Å². The van der Waals surface area contributed by atoms with Crippen LogP contribution < -0.4 is 4.74 Å². The molecule has 21 heavy (non-hydrogen) atoms. The third-order valence-corrected chi connectivity index (χ3v) is 3.70. The second-order valence-corrected chi connectivity index (χ2v) is 6.83. The molecule has 1 aromatic heterocycles. The van der Waals surface area contributed by atoms with Crippen LogP contribution in [0.4, 0.5) is 4.79 Å². The number of thiol groups is 1. The lowest BCUT2D eigenvalue weighted by Gasteiger charge is -2.33. The lowest BCUT2D eigenvalue weighted by molar-refractivity contribution is 0.0101. The first-order valence-electron chi connectivity index (χ1n) is 6.48. The molecular formula is C12H19N3O5S. The zero-order chi connectivity index (χ0) is 15.8. The number of carbonyl (C=O) groups is 1. The number of carbonyl (C=O) groups excluding carboxylic acids is 1. The van der Waals surface area contributed by atoms with Gasteiger partial charge in [0.2, 0.25) is 5.88 Å². The van der Waals surface area contributed by atoms with Crippen LogP contribution in [-0.2, 0) is 22.0 Å². The maximum absolute atomic E-state index is 12.0. The lowest BCUT2D eigenvalue weighted by atomic mass is 10.2. The number of fused-ring (bicyclic) bond motifs is 1. The van der Waals surface area contributed by atoms with Gasteiger partial charge in [-0.25, -0.2) is 17.9 Å². The van der Waals surface area contributed by atoms with E-state index >= 15 is 0 Å². The van der Waals surface area contributed by atoms with Crippen LogP contribution in [0.15, 0.2) is 11.1 Å². The third-order valence-electron chi connectivity index (χ3n) is 2.99. The molecule has 9 heteroatoms. The minimum atomic E-state index is -2.75. The van der Waals surface area contributed by atoms with Gasteiger partial charge in [-0.15, -0.1) is 0 Å². The molecule has 1 aliphatic rings. The molecule has 0 saturated heterocycles. The van der Waals surface area contributed by atoms with E-state index < -0.39 is 22.4 Å². The summed E-state index contributed by atoms with van der Waals surface area (Å²) < 4.78 is 34.2. The van der Waals surface area contributed by atoms with E-state index in [0.29, 0.717) is 6.54 Å². The quantitative estimate of drug-likeness (QED) is 0.798. The van der Waals surface area contributed by atoms with E-state index in [1.807, 2.05) is 0 Å². The van der Waals surface area contributed by atoms with Crippen molar-refractivity contribution in [1.82, 2.24) is 14.7 Å². The second-order valence-electron chi connectivity index (χ2n) is 5.83. The summed E-state index contributed by atoms with van der Waals surface area (Å²) in [7, 11) is -1.13. The molecule has 1 aliphatic heterocycles. The number of hydrogen-bond donors (Lipinski definition) is 1. The predicted octanol–water partition coefficient (Wildman–Crippen LogP) is 0.481. The molecule has 0 saturated carbocycles. The SMILES string of the molecule is CN(C(=O)OC(C)(C)C)[C@H]1COc2c([SH](=O)=O)cnn2C1. The predicted molar refractivity (Wildman–Crippen MR) is 74.1 cm³/mol. The Morgan fingerprint density at radius 2 is 2.19 bits per heavy atom. The monoisotopic (exact) mass is 317 g/mol. The van der Waals surface area contributed by atoms with Gasteiger partial charge in [0.25, 0.3) is 0 Å². The highest BCUT2D eigenvalue weighted by Crippen LogP contribution is 2.25. The van der Waals surface area contributed by atoms with Gasteiger partial charge in [-0.1, -0.05) is 0 Å². The molecule has 0 aromatic carbocycles. The highest BCUT2D eigenvalue weighted by atomic mass is 32.2. The highest BCUT2D eigenvalue weighted by molar-refractivity contribution is 7.72. The summed E-state index contributed by atoms with van der Waals surface area (Å²) in [5.41, 5.74) is -0.578. The van der Waals surface area contributed by atoms with Crippen LogP contribution in [0.1, 0.15) is 20.8 Å². The van der Waals surface area contributed by atoms with Crippen molar-refractivity contribution in [1.29, 1.82) is 0 Å². The molecule has 2 heterocycles. The van der Waals surface area contributed by atoms with Crippen LogP contribution in [0.2, 0.25) is 0 Å². The molecule has 0 bridgehead atoms. The standard InChI is InChI=1S/C12H19N3O5S/c1-12(2,3)20-11(16)14(4)8-6-15-10(19-7-8)9(5-13-15)21(17)18/h5,8,21H,6-7H2,1-4H3/t8-/m1/s1. The molecule has 0 N–H and O–H groups in total. The van der Waals surface area contributed by atoms with E-state index in [9.17, 15) is 13.2 Å². The van der Waals surface area contributed by atoms with Crippen molar-refractivity contribution in [2.24, 2.45) is 0 Å². The van der Waals surface area contributed by atoms with Crippen LogP contribution in [0.3, 0.4) is 0 Å². The molecule has 1 atom stereocenters. The molecule has 118 valence electrons. The summed E-state index contributed by atoms with van der Waals surface area (Å²) in [6.07, 6.45) is 0.790. The molecule has 1 amide bonds. The number of likely N-dealkylation sites (N-methyl/N-ethyl adjacent to an activating group) is 1. The van der Waals surface area contributed by atoms with Gasteiger partial charge in [0, 0.05) is 7.05 Å². The molecule has 0 spiro atoms. The van der Waals surface area contributed by atoms with E-state index in [4.69, 9.17) is 9.47 Å². The highest BCUT2D eigenvalue weighted by Gasteiger charge is 2.31. The van der Waals surface area contributed by atoms with Crippen molar-refractivity contribution >= 4 is 16.8 Å². The number of ether oxygens (including phenoxy) is 2. The van der Waals surface area contributed by atoms with Gasteiger partial charge in [0.1, 0.15) is 17.1 Å². The van der Waals surface area contributed by atoms with Crippen molar-refractivity contribution in [3.05, 3.63) is 6.20 Å². The molecule has 2 rings (SSSR count). The average Bonchev–Trinajstić information content (AvgIpc) is 2.78. The number of rotatable bonds is 2. The summed E-state index contributed by atoms with van der Waals surface area (Å²) >= 11 is 0. The Kier molecular flexibility index (Phi) is 4.13. The summed E-state index contributed by atoms with van der Waals surface area (Å²) in [5.74, 6) is 0.222. The van der Waals surface area contributed by atoms with E-state index in [-0.39, 0.29) is 23.4 Å². The van der Waals surface area contributed by atoms with Crippen LogP contribution in [-0.4, -0.2) is 54.5 Å². The van der Waals surface area contributed by atoms with Gasteiger partial charge >= 0.3 is 6.09 Å². The normalized spacial score (nSPS) is 18.0. The summed E-state index contributed by atoms with van der Waals surface area (Å²) in [6, 6.07) is -0.273. The van der Waals surface area contributed by atoms with Gasteiger partial charge in [-0.3, -0.25) is 0 Å². The topological polar surface area (TPSA) is 90.7 Å². The Morgan fingerprint density at radius 3 is 2.76 bits per heavy atom. The maximum atomic E-state index is 12.0. The van der Waals surface area contributed by atoms with E-state index in [0.717, 1.165) is 0 Å². The summed E-state index contributed by atoms with van der Waals surface area (Å²) in [4.78, 5) is 13.5. The third kappa shape index (κ3) is 3.46. The number of nitrogens with zero attached hydrogens (tertiary/aromatic N) is 3. The van der Waals surface area contributed by atoms with Crippen molar-refractivity contribution in [2.45, 2.75) is 43.9 Å². The van der Waals surface area contributed by atoms with E-state index in [1.165, 1.54) is 15.8 Å². The number of amides is 1. The first-order chi connectivity index (χ1) is 9.69. The summed E-state index contributed by atoms with van der Waals surface area (Å²) in [5, 5.41) is 3.97. The van der Waals surface area contributed by atoms with Crippen LogP contribution in [0.25, 0.3) is 0 Å². The zero-order valence-electron chi connectivity index (χ0n) is 12.4. The van der Waals surface area contributed by atoms with E-state index in [1.54, 1.807) is 27.8 Å².